The number of aldehydes is 1. The maximum absolute atomic E-state index is 11.6. The molecule has 0 aliphatic heterocycles. The summed E-state index contributed by atoms with van der Waals surface area (Å²) in [6.07, 6.45) is 3.10. The van der Waals surface area contributed by atoms with Crippen molar-refractivity contribution in [2.24, 2.45) is 0 Å². The first-order chi connectivity index (χ1) is 10.8. The van der Waals surface area contributed by atoms with Crippen molar-refractivity contribution in [1.82, 2.24) is 0 Å². The maximum atomic E-state index is 11.6. The van der Waals surface area contributed by atoms with Gasteiger partial charge in [-0.3, -0.25) is 9.59 Å². The van der Waals surface area contributed by atoms with Crippen LogP contribution in [0.3, 0.4) is 0 Å². The molecule has 2 aromatic rings. The van der Waals surface area contributed by atoms with E-state index in [4.69, 9.17) is 4.74 Å². The van der Waals surface area contributed by atoms with Crippen LogP contribution in [0, 0.1) is 0 Å². The van der Waals surface area contributed by atoms with Gasteiger partial charge in [0.05, 0.1) is 13.0 Å². The zero-order chi connectivity index (χ0) is 15.8. The lowest BCUT2D eigenvalue weighted by atomic mass is 10.0. The van der Waals surface area contributed by atoms with Crippen LogP contribution in [-0.4, -0.2) is 25.4 Å². The van der Waals surface area contributed by atoms with Crippen molar-refractivity contribution < 1.29 is 14.3 Å². The first kappa shape index (κ1) is 16.0. The normalized spacial score (nSPS) is 10.4. The van der Waals surface area contributed by atoms with Crippen LogP contribution in [0.15, 0.2) is 36.4 Å². The molecule has 2 aromatic carbocycles. The van der Waals surface area contributed by atoms with Crippen molar-refractivity contribution in [1.29, 1.82) is 0 Å². The zero-order valence-electron chi connectivity index (χ0n) is 12.8. The first-order valence-electron chi connectivity index (χ1n) is 7.62. The summed E-state index contributed by atoms with van der Waals surface area (Å²) in [6, 6.07) is 11.4. The largest absolute Gasteiger partial charge is 0.466 e. The molecule has 1 N–H and O–H groups in total. The average Bonchev–Trinajstić information content (AvgIpc) is 2.55. The Morgan fingerprint density at radius 2 is 1.95 bits per heavy atom. The summed E-state index contributed by atoms with van der Waals surface area (Å²) in [5, 5.41) is 5.13. The molecule has 0 aliphatic carbocycles. The number of carbonyl (C=O) groups is 2. The van der Waals surface area contributed by atoms with Crippen LogP contribution in [0.4, 0.5) is 5.69 Å². The number of ether oxygens (including phenoxy) is 1. The van der Waals surface area contributed by atoms with Gasteiger partial charge in [-0.1, -0.05) is 37.6 Å². The summed E-state index contributed by atoms with van der Waals surface area (Å²) in [4.78, 5) is 22.6. The van der Waals surface area contributed by atoms with Crippen molar-refractivity contribution in [3.63, 3.8) is 0 Å². The Kier molecular flexibility index (Phi) is 5.95. The Morgan fingerprint density at radius 3 is 2.68 bits per heavy atom. The second-order valence-corrected chi connectivity index (χ2v) is 5.12. The molecule has 0 heterocycles. The van der Waals surface area contributed by atoms with Gasteiger partial charge in [0.1, 0.15) is 0 Å². The Morgan fingerprint density at radius 1 is 1.18 bits per heavy atom. The van der Waals surface area contributed by atoms with E-state index in [-0.39, 0.29) is 5.97 Å². The fraction of sp³-hybridized carbons (Fsp3) is 0.333. The van der Waals surface area contributed by atoms with Gasteiger partial charge in [0.25, 0.3) is 0 Å². The highest BCUT2D eigenvalue weighted by molar-refractivity contribution is 6.03. The van der Waals surface area contributed by atoms with Gasteiger partial charge in [0.15, 0.2) is 6.29 Å². The van der Waals surface area contributed by atoms with Gasteiger partial charge in [0.2, 0.25) is 0 Å². The van der Waals surface area contributed by atoms with E-state index in [0.29, 0.717) is 25.1 Å². The van der Waals surface area contributed by atoms with E-state index in [9.17, 15) is 9.59 Å². The topological polar surface area (TPSA) is 55.4 Å². The molecular weight excluding hydrogens is 278 g/mol. The predicted octanol–water partition coefficient (Wildman–Crippen LogP) is 3.80. The van der Waals surface area contributed by atoms with Gasteiger partial charge >= 0.3 is 5.97 Å². The molecule has 0 spiro atoms. The summed E-state index contributed by atoms with van der Waals surface area (Å²) in [5.41, 5.74) is 1.59. The summed E-state index contributed by atoms with van der Waals surface area (Å²) >= 11 is 0. The SMILES string of the molecule is CCCCOC(=O)CCNc1ccc(C=O)c2ccccc12. The van der Waals surface area contributed by atoms with Crippen LogP contribution in [0.1, 0.15) is 36.5 Å². The molecule has 2 rings (SSSR count). The van der Waals surface area contributed by atoms with Gasteiger partial charge in [-0.25, -0.2) is 0 Å². The highest BCUT2D eigenvalue weighted by atomic mass is 16.5. The third-order valence-corrected chi connectivity index (χ3v) is 3.49. The third-order valence-electron chi connectivity index (χ3n) is 3.49. The number of nitrogens with one attached hydrogen (secondary N) is 1. The Balaban J connectivity index is 1.98. The van der Waals surface area contributed by atoms with Crippen molar-refractivity contribution in [2.45, 2.75) is 26.2 Å². The third kappa shape index (κ3) is 4.07. The second-order valence-electron chi connectivity index (χ2n) is 5.12. The molecule has 22 heavy (non-hydrogen) atoms. The van der Waals surface area contributed by atoms with Gasteiger partial charge in [-0.15, -0.1) is 0 Å². The second kappa shape index (κ2) is 8.17. The number of esters is 1. The average molecular weight is 299 g/mol. The summed E-state index contributed by atoms with van der Waals surface area (Å²) in [6.45, 7) is 3.06. The minimum absolute atomic E-state index is 0.185. The van der Waals surface area contributed by atoms with Crippen LogP contribution in [0.25, 0.3) is 10.8 Å². The van der Waals surface area contributed by atoms with Crippen LogP contribution in [-0.2, 0) is 9.53 Å². The number of rotatable bonds is 8. The first-order valence-corrected chi connectivity index (χ1v) is 7.62. The van der Waals surface area contributed by atoms with E-state index in [0.717, 1.165) is 35.6 Å². The van der Waals surface area contributed by atoms with E-state index in [2.05, 4.69) is 12.2 Å². The van der Waals surface area contributed by atoms with Crippen LogP contribution >= 0.6 is 0 Å². The number of carbonyl (C=O) groups excluding carboxylic acids is 2. The van der Waals surface area contributed by atoms with Crippen LogP contribution < -0.4 is 5.32 Å². The molecule has 0 atom stereocenters. The molecule has 0 bridgehead atoms. The molecule has 116 valence electrons. The van der Waals surface area contributed by atoms with Gasteiger partial charge in [-0.2, -0.15) is 0 Å². The standard InChI is InChI=1S/C18H21NO3/c1-2-3-12-22-18(21)10-11-19-17-9-8-14(13-20)15-6-4-5-7-16(15)17/h4-9,13,19H,2-3,10-12H2,1H3. The molecule has 0 unspecified atom stereocenters. The molecule has 4 nitrogen and oxygen atoms in total. The molecule has 0 aliphatic rings. The van der Waals surface area contributed by atoms with Crippen molar-refractivity contribution in [3.8, 4) is 0 Å². The lowest BCUT2D eigenvalue weighted by molar-refractivity contribution is -0.143. The van der Waals surface area contributed by atoms with Crippen molar-refractivity contribution in [3.05, 3.63) is 42.0 Å². The quantitative estimate of drug-likeness (QED) is 0.457. The van der Waals surface area contributed by atoms with E-state index in [1.165, 1.54) is 0 Å². The summed E-state index contributed by atoms with van der Waals surface area (Å²) < 4.78 is 5.12. The summed E-state index contributed by atoms with van der Waals surface area (Å²) in [7, 11) is 0. The Bertz CT molecular complexity index is 652. The van der Waals surface area contributed by atoms with Crippen molar-refractivity contribution in [2.75, 3.05) is 18.5 Å². The molecule has 0 amide bonds. The van der Waals surface area contributed by atoms with Gasteiger partial charge in [-0.05, 0) is 23.9 Å². The molecule has 4 heteroatoms. The van der Waals surface area contributed by atoms with Crippen molar-refractivity contribution >= 4 is 28.7 Å². The Hall–Kier alpha value is -2.36. The Labute approximate surface area is 130 Å². The molecular formula is C18H21NO3. The zero-order valence-corrected chi connectivity index (χ0v) is 12.8. The maximum Gasteiger partial charge on any atom is 0.307 e. The number of benzene rings is 2. The highest BCUT2D eigenvalue weighted by Crippen LogP contribution is 2.25. The molecule has 0 fully saturated rings. The lowest BCUT2D eigenvalue weighted by Gasteiger charge is -2.11. The van der Waals surface area contributed by atoms with E-state index < -0.39 is 0 Å². The highest BCUT2D eigenvalue weighted by Gasteiger charge is 2.06. The fourth-order valence-corrected chi connectivity index (χ4v) is 2.28. The fourth-order valence-electron chi connectivity index (χ4n) is 2.28. The summed E-state index contributed by atoms with van der Waals surface area (Å²) in [5.74, 6) is -0.185. The molecule has 0 radical (unpaired) electrons. The smallest absolute Gasteiger partial charge is 0.307 e. The predicted molar refractivity (Wildman–Crippen MR) is 88.3 cm³/mol. The number of hydrogen-bond donors (Lipinski definition) is 1. The van der Waals surface area contributed by atoms with Gasteiger partial charge < -0.3 is 10.1 Å². The monoisotopic (exact) mass is 299 g/mol. The van der Waals surface area contributed by atoms with E-state index in [1.807, 2.05) is 30.3 Å². The van der Waals surface area contributed by atoms with E-state index in [1.54, 1.807) is 6.07 Å². The number of hydrogen-bond acceptors (Lipinski definition) is 4. The number of unbranched alkanes of at least 4 members (excludes halogenated alkanes) is 1. The van der Waals surface area contributed by atoms with E-state index >= 15 is 0 Å². The molecule has 0 aromatic heterocycles. The molecule has 0 saturated carbocycles. The van der Waals surface area contributed by atoms with Crippen LogP contribution in [0.5, 0.6) is 0 Å². The van der Waals surface area contributed by atoms with Gasteiger partial charge in [0, 0.05) is 23.2 Å². The number of fused-ring (bicyclic) bond motifs is 1. The lowest BCUT2D eigenvalue weighted by Crippen LogP contribution is -2.12. The van der Waals surface area contributed by atoms with Crippen LogP contribution in [0.2, 0.25) is 0 Å². The number of anilines is 1. The minimum atomic E-state index is -0.185. The molecule has 0 saturated heterocycles. The minimum Gasteiger partial charge on any atom is -0.466 e.